The molecule has 6 nitrogen and oxygen atoms in total. The van der Waals surface area contributed by atoms with Crippen LogP contribution < -0.4 is 9.64 Å². The summed E-state index contributed by atoms with van der Waals surface area (Å²) in [6, 6.07) is 11.6. The van der Waals surface area contributed by atoms with Crippen LogP contribution in [-0.2, 0) is 21.1 Å². The molecule has 9 heteroatoms. The van der Waals surface area contributed by atoms with Crippen molar-refractivity contribution in [2.75, 3.05) is 23.5 Å². The number of ether oxygens (including phenoxy) is 1. The zero-order valence-electron chi connectivity index (χ0n) is 16.5. The third-order valence-corrected chi connectivity index (χ3v) is 8.46. The molecule has 0 N–H and O–H groups in total. The van der Waals surface area contributed by atoms with E-state index in [0.717, 1.165) is 0 Å². The fourth-order valence-corrected chi connectivity index (χ4v) is 7.69. The van der Waals surface area contributed by atoms with Gasteiger partial charge in [0.2, 0.25) is 0 Å². The first-order chi connectivity index (χ1) is 14.3. The Morgan fingerprint density at radius 3 is 2.77 bits per heavy atom. The Balaban J connectivity index is 1.66. The number of benzene rings is 2. The Morgan fingerprint density at radius 1 is 1.27 bits per heavy atom. The summed E-state index contributed by atoms with van der Waals surface area (Å²) in [6.07, 6.45) is 0.0534. The number of fused-ring (bicyclic) bond motifs is 1. The number of carbonyl (C=O) groups is 1. The van der Waals surface area contributed by atoms with Crippen molar-refractivity contribution < 1.29 is 22.3 Å². The average Bonchev–Trinajstić information content (AvgIpc) is 3.15. The molecule has 0 radical (unpaired) electrons. The van der Waals surface area contributed by atoms with Gasteiger partial charge in [0.25, 0.3) is 5.91 Å². The number of methoxy groups -OCH3 is 1. The quantitative estimate of drug-likeness (QED) is 0.716. The van der Waals surface area contributed by atoms with Crippen molar-refractivity contribution in [1.29, 1.82) is 0 Å². The molecule has 2 heterocycles. The number of para-hydroxylation sites is 1. The zero-order valence-corrected chi connectivity index (χ0v) is 18.2. The highest BCUT2D eigenvalue weighted by Crippen LogP contribution is 2.41. The lowest BCUT2D eigenvalue weighted by Gasteiger charge is -2.24. The van der Waals surface area contributed by atoms with Crippen LogP contribution in [0.1, 0.15) is 11.1 Å². The molecule has 0 bridgehead atoms. The molecule has 2 aliphatic rings. The van der Waals surface area contributed by atoms with Gasteiger partial charge in [-0.05, 0) is 30.7 Å². The van der Waals surface area contributed by atoms with Crippen molar-refractivity contribution in [1.82, 2.24) is 0 Å². The van der Waals surface area contributed by atoms with Crippen LogP contribution in [-0.4, -0.2) is 49.4 Å². The van der Waals surface area contributed by atoms with Gasteiger partial charge in [-0.1, -0.05) is 36.0 Å². The van der Waals surface area contributed by atoms with Crippen molar-refractivity contribution in [3.8, 4) is 5.75 Å². The predicted molar refractivity (Wildman–Crippen MR) is 117 cm³/mol. The van der Waals surface area contributed by atoms with Crippen LogP contribution >= 0.6 is 11.8 Å². The van der Waals surface area contributed by atoms with E-state index < -0.39 is 9.84 Å². The first-order valence-corrected chi connectivity index (χ1v) is 12.1. The first-order valence-electron chi connectivity index (χ1n) is 9.43. The van der Waals surface area contributed by atoms with Crippen molar-refractivity contribution in [3.05, 3.63) is 59.4 Å². The fraction of sp³-hybridized carbons (Fsp3) is 0.333. The molecule has 4 rings (SSSR count). The number of sulfone groups is 1. The minimum absolute atomic E-state index is 0.0207. The molecule has 0 aromatic heterocycles. The summed E-state index contributed by atoms with van der Waals surface area (Å²) in [5.41, 5.74) is 1.71. The average molecular weight is 449 g/mol. The van der Waals surface area contributed by atoms with E-state index in [1.165, 1.54) is 24.9 Å². The second-order valence-corrected chi connectivity index (χ2v) is 10.7. The van der Waals surface area contributed by atoms with Gasteiger partial charge in [-0.3, -0.25) is 4.79 Å². The summed E-state index contributed by atoms with van der Waals surface area (Å²) in [6.45, 7) is 1.66. The van der Waals surface area contributed by atoms with Crippen LogP contribution in [0, 0.1) is 12.7 Å². The highest BCUT2D eigenvalue weighted by Gasteiger charge is 2.49. The smallest absolute Gasteiger partial charge is 0.252 e. The normalized spacial score (nSPS) is 23.6. The van der Waals surface area contributed by atoms with E-state index in [-0.39, 0.29) is 40.9 Å². The lowest BCUT2D eigenvalue weighted by Crippen LogP contribution is -2.37. The summed E-state index contributed by atoms with van der Waals surface area (Å²) in [5, 5.41) is 0.167. The van der Waals surface area contributed by atoms with E-state index in [0.29, 0.717) is 27.7 Å². The summed E-state index contributed by atoms with van der Waals surface area (Å²) < 4.78 is 43.8. The van der Waals surface area contributed by atoms with Gasteiger partial charge in [-0.15, -0.1) is 0 Å². The first kappa shape index (κ1) is 20.9. The molecular formula is C21H21FN2O4S2. The summed E-state index contributed by atoms with van der Waals surface area (Å²) in [7, 11) is -1.65. The monoisotopic (exact) mass is 448 g/mol. The van der Waals surface area contributed by atoms with Crippen molar-refractivity contribution in [2.24, 2.45) is 4.99 Å². The van der Waals surface area contributed by atoms with Gasteiger partial charge in [-0.2, -0.15) is 4.99 Å². The highest BCUT2D eigenvalue weighted by molar-refractivity contribution is 8.16. The van der Waals surface area contributed by atoms with Crippen LogP contribution in [0.3, 0.4) is 0 Å². The number of thioether (sulfide) groups is 1. The molecule has 0 saturated carbocycles. The number of rotatable bonds is 4. The molecule has 2 aliphatic heterocycles. The number of anilines is 1. The maximum absolute atomic E-state index is 14.2. The van der Waals surface area contributed by atoms with E-state index in [4.69, 9.17) is 4.74 Å². The van der Waals surface area contributed by atoms with Crippen LogP contribution in [0.15, 0.2) is 47.5 Å². The molecule has 0 spiro atoms. The van der Waals surface area contributed by atoms with Gasteiger partial charge in [-0.25, -0.2) is 12.8 Å². The van der Waals surface area contributed by atoms with Crippen LogP contribution in [0.2, 0.25) is 0 Å². The Kier molecular flexibility index (Phi) is 5.59. The van der Waals surface area contributed by atoms with Crippen LogP contribution in [0.4, 0.5) is 10.1 Å². The van der Waals surface area contributed by atoms with Gasteiger partial charge >= 0.3 is 0 Å². The van der Waals surface area contributed by atoms with Crippen molar-refractivity contribution in [3.63, 3.8) is 0 Å². The van der Waals surface area contributed by atoms with Gasteiger partial charge in [0.05, 0.1) is 31.1 Å². The standard InChI is InChI=1S/C21H21FN2O4S2/c1-13-7-8-15(10-16(13)22)24-17-11-30(26,27)12-19(17)29-21(24)23-20(25)9-14-5-3-4-6-18(14)28-2/h3-8,10,17,19H,9,11-12H2,1-2H3/t17-,19+/m0/s1. The topological polar surface area (TPSA) is 76.0 Å². The summed E-state index contributed by atoms with van der Waals surface area (Å²) in [5.74, 6) is -0.179. The fourth-order valence-electron chi connectivity index (χ4n) is 3.76. The number of nitrogens with zero attached hydrogens (tertiary/aromatic N) is 2. The van der Waals surface area contributed by atoms with Gasteiger partial charge in [0.15, 0.2) is 15.0 Å². The number of carbonyl (C=O) groups excluding carboxylic acids is 1. The molecule has 2 saturated heterocycles. The molecule has 1 amide bonds. The highest BCUT2D eigenvalue weighted by atomic mass is 32.2. The molecule has 2 aromatic carbocycles. The van der Waals surface area contributed by atoms with Crippen LogP contribution in [0.25, 0.3) is 0 Å². The van der Waals surface area contributed by atoms with Crippen molar-refractivity contribution >= 4 is 38.4 Å². The predicted octanol–water partition coefficient (Wildman–Crippen LogP) is 2.99. The van der Waals surface area contributed by atoms with E-state index in [2.05, 4.69) is 4.99 Å². The number of hydrogen-bond acceptors (Lipinski definition) is 5. The van der Waals surface area contributed by atoms with E-state index in [9.17, 15) is 17.6 Å². The molecule has 2 aromatic rings. The summed E-state index contributed by atoms with van der Waals surface area (Å²) in [4.78, 5) is 18.7. The molecular weight excluding hydrogens is 427 g/mol. The maximum Gasteiger partial charge on any atom is 0.252 e. The van der Waals surface area contributed by atoms with Crippen LogP contribution in [0.5, 0.6) is 5.75 Å². The largest absolute Gasteiger partial charge is 0.496 e. The molecule has 30 heavy (non-hydrogen) atoms. The van der Waals surface area contributed by atoms with Gasteiger partial charge in [0.1, 0.15) is 11.6 Å². The zero-order chi connectivity index (χ0) is 21.5. The molecule has 2 fully saturated rings. The molecule has 0 unspecified atom stereocenters. The minimum atomic E-state index is -3.19. The second-order valence-electron chi connectivity index (χ2n) is 7.38. The summed E-state index contributed by atoms with van der Waals surface area (Å²) >= 11 is 1.27. The molecule has 158 valence electrons. The second kappa shape index (κ2) is 8.03. The Bertz CT molecular complexity index is 1130. The SMILES string of the molecule is COc1ccccc1CC(=O)N=C1S[C@@H]2CS(=O)(=O)C[C@@H]2N1c1ccc(C)c(F)c1. The third-order valence-electron chi connectivity index (χ3n) is 5.25. The number of hydrogen-bond donors (Lipinski definition) is 0. The maximum atomic E-state index is 14.2. The lowest BCUT2D eigenvalue weighted by molar-refractivity contribution is -0.117. The van der Waals surface area contributed by atoms with Gasteiger partial charge < -0.3 is 9.64 Å². The lowest BCUT2D eigenvalue weighted by atomic mass is 10.1. The van der Waals surface area contributed by atoms with E-state index in [1.807, 2.05) is 12.1 Å². The number of aliphatic imine (C=N–C) groups is 1. The Labute approximate surface area is 179 Å². The molecule has 0 aliphatic carbocycles. The van der Waals surface area contributed by atoms with Crippen molar-refractivity contribution in [2.45, 2.75) is 24.6 Å². The van der Waals surface area contributed by atoms with E-state index >= 15 is 0 Å². The number of amides is 1. The Morgan fingerprint density at radius 2 is 2.03 bits per heavy atom. The number of halogens is 1. The third kappa shape index (κ3) is 4.09. The van der Waals surface area contributed by atoms with Gasteiger partial charge in [0, 0.05) is 16.5 Å². The number of aryl methyl sites for hydroxylation is 1. The number of amidine groups is 1. The van der Waals surface area contributed by atoms with E-state index in [1.54, 1.807) is 36.1 Å². The minimum Gasteiger partial charge on any atom is -0.496 e. The molecule has 2 atom stereocenters. The Hall–Kier alpha value is -2.39.